The molecule has 2 aliphatic rings. The fraction of sp³-hybridized carbons (Fsp3) is 0.284. The van der Waals surface area contributed by atoms with E-state index in [9.17, 15) is 0 Å². The van der Waals surface area contributed by atoms with Crippen LogP contribution in [0.5, 0.6) is 5.75 Å². The zero-order valence-corrected chi connectivity index (χ0v) is 43.7. The lowest BCUT2D eigenvalue weighted by atomic mass is 9.96. The number of hydrogen-bond acceptors (Lipinski definition) is 11. The van der Waals surface area contributed by atoms with Crippen LogP contribution in [-0.4, -0.2) is 74.6 Å². The SMILES string of the molecule is c1ccc(COC[C@H]2O[C@H](OC[C@H]3O[C@H](Oc4ccccc4)[C@@H](OCc4ccccc4)[C@@H](OCc4ccccc4)[C@@H]3OCc3ccccc3)[C@H](OCc3ccccc3)[C@@H](OCc3ccccc3)[C@@H]2OCc2ccccc2)cc1. The van der Waals surface area contributed by atoms with Crippen LogP contribution in [0.3, 0.4) is 0 Å². The van der Waals surface area contributed by atoms with E-state index in [1.54, 1.807) is 0 Å². The molecule has 2 aliphatic heterocycles. The van der Waals surface area contributed by atoms with Gasteiger partial charge in [-0.25, -0.2) is 0 Å². The predicted octanol–water partition coefficient (Wildman–Crippen LogP) is 12.3. The summed E-state index contributed by atoms with van der Waals surface area (Å²) in [4.78, 5) is 0. The molecule has 0 saturated carbocycles. The van der Waals surface area contributed by atoms with Crippen LogP contribution in [0, 0.1) is 0 Å². The average Bonchev–Trinajstić information content (AvgIpc) is 3.52. The first-order chi connectivity index (χ1) is 38.7. The van der Waals surface area contributed by atoms with E-state index in [1.165, 1.54) is 0 Å². The fourth-order valence-electron chi connectivity index (χ4n) is 9.68. The van der Waals surface area contributed by atoms with Crippen molar-refractivity contribution in [1.29, 1.82) is 0 Å². The minimum atomic E-state index is -1.03. The molecular weight excluding hydrogens is 981 g/mol. The zero-order chi connectivity index (χ0) is 52.8. The lowest BCUT2D eigenvalue weighted by Crippen LogP contribution is -2.64. The first kappa shape index (κ1) is 54.5. The van der Waals surface area contributed by atoms with Gasteiger partial charge in [-0.05, 0) is 51.1 Å². The van der Waals surface area contributed by atoms with E-state index in [0.29, 0.717) is 19.0 Å². The van der Waals surface area contributed by atoms with Crippen LogP contribution in [0.15, 0.2) is 243 Å². The van der Waals surface area contributed by atoms with Crippen LogP contribution < -0.4 is 4.74 Å². The van der Waals surface area contributed by atoms with Gasteiger partial charge in [0.2, 0.25) is 6.29 Å². The Labute approximate surface area is 458 Å². The summed E-state index contributed by atoms with van der Waals surface area (Å²) >= 11 is 0. The summed E-state index contributed by atoms with van der Waals surface area (Å²) in [6.07, 6.45) is -7.95. The molecule has 0 amide bonds. The molecule has 0 spiro atoms. The third-order valence-electron chi connectivity index (χ3n) is 13.7. The molecule has 8 aromatic carbocycles. The highest BCUT2D eigenvalue weighted by atomic mass is 16.8. The van der Waals surface area contributed by atoms with Crippen molar-refractivity contribution in [3.05, 3.63) is 282 Å². The maximum atomic E-state index is 7.17. The Bertz CT molecular complexity index is 2870. The van der Waals surface area contributed by atoms with Gasteiger partial charge in [0.05, 0.1) is 59.5 Å². The van der Waals surface area contributed by atoms with Gasteiger partial charge >= 0.3 is 0 Å². The molecule has 10 rings (SSSR count). The smallest absolute Gasteiger partial charge is 0.229 e. The average molecular weight is 1050 g/mol. The maximum Gasteiger partial charge on any atom is 0.229 e. The van der Waals surface area contributed by atoms with Crippen molar-refractivity contribution in [2.24, 2.45) is 0 Å². The Morgan fingerprint density at radius 3 is 0.872 bits per heavy atom. The molecule has 2 fully saturated rings. The van der Waals surface area contributed by atoms with Gasteiger partial charge in [-0.3, -0.25) is 0 Å². The summed E-state index contributed by atoms with van der Waals surface area (Å²) in [5.74, 6) is 0.601. The Balaban J connectivity index is 1.01. The van der Waals surface area contributed by atoms with Crippen molar-refractivity contribution in [3.63, 3.8) is 0 Å². The van der Waals surface area contributed by atoms with Crippen molar-refractivity contribution in [3.8, 4) is 5.75 Å². The van der Waals surface area contributed by atoms with Crippen LogP contribution in [0.2, 0.25) is 0 Å². The van der Waals surface area contributed by atoms with Crippen LogP contribution in [0.1, 0.15) is 38.9 Å². The van der Waals surface area contributed by atoms with E-state index in [0.717, 1.165) is 38.9 Å². The number of para-hydroxylation sites is 1. The van der Waals surface area contributed by atoms with Crippen molar-refractivity contribution in [2.75, 3.05) is 13.2 Å². The fourth-order valence-corrected chi connectivity index (χ4v) is 9.68. The maximum absolute atomic E-state index is 7.17. The van der Waals surface area contributed by atoms with Crippen LogP contribution >= 0.6 is 0 Å². The largest absolute Gasteiger partial charge is 0.462 e. The second-order valence-corrected chi connectivity index (χ2v) is 19.4. The van der Waals surface area contributed by atoms with Gasteiger partial charge in [0.25, 0.3) is 0 Å². The van der Waals surface area contributed by atoms with Crippen LogP contribution in [0.25, 0.3) is 0 Å². The summed E-state index contributed by atoms with van der Waals surface area (Å²) in [5, 5.41) is 0. The van der Waals surface area contributed by atoms with Crippen molar-refractivity contribution in [1.82, 2.24) is 0 Å². The Hall–Kier alpha value is -6.84. The van der Waals surface area contributed by atoms with Crippen LogP contribution in [0.4, 0.5) is 0 Å². The highest BCUT2D eigenvalue weighted by molar-refractivity contribution is 5.23. The molecular formula is C67H68O11. The lowest BCUT2D eigenvalue weighted by Gasteiger charge is -2.48. The second-order valence-electron chi connectivity index (χ2n) is 19.4. The molecule has 78 heavy (non-hydrogen) atoms. The summed E-state index contributed by atoms with van der Waals surface area (Å²) in [6.45, 7) is 2.08. The van der Waals surface area contributed by atoms with E-state index < -0.39 is 61.4 Å². The molecule has 2 heterocycles. The molecule has 8 aromatic rings. The molecule has 10 atom stereocenters. The Morgan fingerprint density at radius 2 is 0.513 bits per heavy atom. The van der Waals surface area contributed by atoms with E-state index in [-0.39, 0.29) is 46.2 Å². The van der Waals surface area contributed by atoms with Gasteiger partial charge in [0, 0.05) is 0 Å². The van der Waals surface area contributed by atoms with Gasteiger partial charge in [0.15, 0.2) is 6.29 Å². The highest BCUT2D eigenvalue weighted by Crippen LogP contribution is 2.36. The number of benzene rings is 8. The molecule has 402 valence electrons. The minimum absolute atomic E-state index is 0.0426. The van der Waals surface area contributed by atoms with Crippen LogP contribution in [-0.2, 0) is 93.6 Å². The van der Waals surface area contributed by atoms with Crippen molar-refractivity contribution >= 4 is 0 Å². The Kier molecular flexibility index (Phi) is 20.4. The standard InChI is InChI=1S/C67H68O11/c1-9-25-50(26-10-1)41-68-48-58-60(69-42-51-27-11-2-12-28-51)62(71-44-53-31-15-4-16-32-53)64(73-46-55-35-19-6-20-36-55)66(77-58)75-49-59-61(70-43-52-29-13-3-14-30-52)63(72-45-54-33-17-5-18-34-54)65(74-47-56-37-21-7-22-38-56)67(78-59)76-57-39-23-8-24-40-57/h1-40,58-67H,41-49H2/t58-,59-,60-,61-,62+,63+,64-,65+,66+,67+/m1/s1. The van der Waals surface area contributed by atoms with Crippen molar-refractivity contribution in [2.45, 2.75) is 108 Å². The van der Waals surface area contributed by atoms with Gasteiger partial charge in [0.1, 0.15) is 54.6 Å². The summed E-state index contributed by atoms with van der Waals surface area (Å²) < 4.78 is 76.9. The van der Waals surface area contributed by atoms with Gasteiger partial charge < -0.3 is 52.1 Å². The topological polar surface area (TPSA) is 102 Å². The Morgan fingerprint density at radius 1 is 0.244 bits per heavy atom. The molecule has 2 saturated heterocycles. The molecule has 0 aromatic heterocycles. The molecule has 0 bridgehead atoms. The van der Waals surface area contributed by atoms with Gasteiger partial charge in [-0.2, -0.15) is 0 Å². The lowest BCUT2D eigenvalue weighted by molar-refractivity contribution is -0.346. The van der Waals surface area contributed by atoms with E-state index in [1.807, 2.05) is 243 Å². The summed E-state index contributed by atoms with van der Waals surface area (Å²) in [7, 11) is 0. The quantitative estimate of drug-likeness (QED) is 0.0492. The summed E-state index contributed by atoms with van der Waals surface area (Å²) in [6, 6.07) is 80.1. The van der Waals surface area contributed by atoms with Gasteiger partial charge in [-0.15, -0.1) is 0 Å². The normalized spacial score (nSPS) is 23.1. The van der Waals surface area contributed by atoms with E-state index in [2.05, 4.69) is 0 Å². The molecule has 0 N–H and O–H groups in total. The second kappa shape index (κ2) is 29.2. The first-order valence-electron chi connectivity index (χ1n) is 26.9. The molecule has 0 unspecified atom stereocenters. The minimum Gasteiger partial charge on any atom is -0.462 e. The third kappa shape index (κ3) is 15.9. The molecule has 11 heteroatoms. The number of hydrogen-bond donors (Lipinski definition) is 0. The first-order valence-corrected chi connectivity index (χ1v) is 26.9. The molecule has 0 radical (unpaired) electrons. The number of rotatable bonds is 27. The third-order valence-corrected chi connectivity index (χ3v) is 13.7. The number of ether oxygens (including phenoxy) is 11. The van der Waals surface area contributed by atoms with Crippen molar-refractivity contribution < 1.29 is 52.1 Å². The monoisotopic (exact) mass is 1050 g/mol. The zero-order valence-electron chi connectivity index (χ0n) is 43.7. The van der Waals surface area contributed by atoms with E-state index in [4.69, 9.17) is 52.1 Å². The highest BCUT2D eigenvalue weighted by Gasteiger charge is 2.53. The van der Waals surface area contributed by atoms with Gasteiger partial charge in [-0.1, -0.05) is 231 Å². The summed E-state index contributed by atoms with van der Waals surface area (Å²) in [5.41, 5.74) is 6.94. The molecule has 0 aliphatic carbocycles. The van der Waals surface area contributed by atoms with E-state index >= 15 is 0 Å². The molecule has 11 nitrogen and oxygen atoms in total. The predicted molar refractivity (Wildman–Crippen MR) is 297 cm³/mol.